The lowest BCUT2D eigenvalue weighted by atomic mass is 10.1. The number of carbonyl (C=O) groups is 2. The van der Waals surface area contributed by atoms with Crippen LogP contribution in [0.1, 0.15) is 40.4 Å². The van der Waals surface area contributed by atoms with Crippen LogP contribution in [0.2, 0.25) is 0 Å². The van der Waals surface area contributed by atoms with Gasteiger partial charge in [-0.15, -0.1) is 21.5 Å². The van der Waals surface area contributed by atoms with Crippen LogP contribution in [0.5, 0.6) is 0 Å². The number of thioether (sulfide) groups is 1. The Labute approximate surface area is 170 Å². The molecular weight excluding hydrogens is 394 g/mol. The zero-order valence-electron chi connectivity index (χ0n) is 14.9. The molecule has 0 radical (unpaired) electrons. The highest BCUT2D eigenvalue weighted by Gasteiger charge is 2.32. The summed E-state index contributed by atoms with van der Waals surface area (Å²) < 4.78 is 2.14. The molecule has 1 fully saturated rings. The first-order valence-electron chi connectivity index (χ1n) is 8.90. The first kappa shape index (κ1) is 18.7. The van der Waals surface area contributed by atoms with Gasteiger partial charge in [-0.2, -0.15) is 0 Å². The summed E-state index contributed by atoms with van der Waals surface area (Å²) in [4.78, 5) is 25.1. The van der Waals surface area contributed by atoms with Gasteiger partial charge in [0.2, 0.25) is 5.91 Å². The van der Waals surface area contributed by atoms with Gasteiger partial charge in [0.25, 0.3) is 0 Å². The van der Waals surface area contributed by atoms with Crippen molar-refractivity contribution in [3.63, 3.8) is 0 Å². The predicted octanol–water partition coefficient (Wildman–Crippen LogP) is 3.29. The number of imide groups is 1. The van der Waals surface area contributed by atoms with Crippen LogP contribution in [0, 0.1) is 0 Å². The number of nitrogens with one attached hydrogen (secondary N) is 1. The van der Waals surface area contributed by atoms with E-state index in [0.717, 1.165) is 24.2 Å². The molecule has 3 aromatic rings. The monoisotopic (exact) mass is 413 g/mol. The highest BCUT2D eigenvalue weighted by Crippen LogP contribution is 2.42. The highest BCUT2D eigenvalue weighted by atomic mass is 32.2. The molecule has 0 saturated heterocycles. The Hall–Kier alpha value is -2.65. The van der Waals surface area contributed by atoms with E-state index in [0.29, 0.717) is 17.6 Å². The second kappa shape index (κ2) is 8.15. The van der Waals surface area contributed by atoms with Crippen molar-refractivity contribution in [2.75, 3.05) is 0 Å². The van der Waals surface area contributed by atoms with Crippen molar-refractivity contribution in [2.45, 2.75) is 35.7 Å². The molecule has 0 aliphatic heterocycles. The third-order valence-electron chi connectivity index (χ3n) is 4.37. The van der Waals surface area contributed by atoms with Gasteiger partial charge in [-0.3, -0.25) is 10.1 Å². The third kappa shape index (κ3) is 4.26. The number of hydrogen-bond acceptors (Lipinski definition) is 6. The van der Waals surface area contributed by atoms with Gasteiger partial charge >= 0.3 is 6.03 Å². The summed E-state index contributed by atoms with van der Waals surface area (Å²) in [6.07, 6.45) is 2.87. The second-order valence-corrected chi connectivity index (χ2v) is 8.62. The molecule has 4 rings (SSSR count). The van der Waals surface area contributed by atoms with E-state index in [4.69, 9.17) is 5.73 Å². The Kier molecular flexibility index (Phi) is 5.45. The van der Waals surface area contributed by atoms with Gasteiger partial charge in [0.15, 0.2) is 5.16 Å². The van der Waals surface area contributed by atoms with Crippen LogP contribution in [-0.2, 0) is 11.2 Å². The van der Waals surface area contributed by atoms with Crippen molar-refractivity contribution in [1.29, 1.82) is 0 Å². The fourth-order valence-corrected chi connectivity index (χ4v) is 4.80. The maximum atomic E-state index is 12.6. The topological polar surface area (TPSA) is 103 Å². The Bertz CT molecular complexity index is 968. The van der Waals surface area contributed by atoms with Crippen LogP contribution in [0.3, 0.4) is 0 Å². The van der Waals surface area contributed by atoms with Crippen LogP contribution in [-0.4, -0.2) is 26.7 Å². The Balaban J connectivity index is 1.64. The van der Waals surface area contributed by atoms with E-state index in [2.05, 4.69) is 26.1 Å². The molecule has 0 spiro atoms. The number of carbonyl (C=O) groups excluding carboxylic acids is 2. The molecular formula is C19H19N5O2S2. The van der Waals surface area contributed by atoms with Crippen LogP contribution < -0.4 is 11.1 Å². The highest BCUT2D eigenvalue weighted by molar-refractivity contribution is 8.00. The number of amides is 3. The molecule has 2 heterocycles. The molecule has 7 nitrogen and oxygen atoms in total. The van der Waals surface area contributed by atoms with E-state index >= 15 is 0 Å². The number of nitrogens with zero attached hydrogens (tertiary/aromatic N) is 3. The summed E-state index contributed by atoms with van der Waals surface area (Å²) in [6, 6.07) is 12.9. The van der Waals surface area contributed by atoms with Gasteiger partial charge in [-0.1, -0.05) is 48.2 Å². The standard InChI is InChI=1S/C19H19N5O2S2/c20-18(26)21-17(25)16(12-5-2-1-3-6-12)28-19-23-22-15(24(19)13-8-9-13)11-14-7-4-10-27-14/h1-7,10,13,16H,8-9,11H2,(H3,20,21,25,26). The van der Waals surface area contributed by atoms with E-state index < -0.39 is 17.2 Å². The summed E-state index contributed by atoms with van der Waals surface area (Å²) in [5.74, 6) is 0.434. The summed E-state index contributed by atoms with van der Waals surface area (Å²) in [7, 11) is 0. The van der Waals surface area contributed by atoms with Gasteiger partial charge in [0, 0.05) is 17.3 Å². The number of primary amides is 1. The molecule has 3 amide bonds. The number of thiophene rings is 1. The van der Waals surface area contributed by atoms with E-state index in [1.54, 1.807) is 11.3 Å². The number of aromatic nitrogens is 3. The van der Waals surface area contributed by atoms with E-state index in [1.165, 1.54) is 16.6 Å². The number of nitrogens with two attached hydrogens (primary N) is 1. The number of hydrogen-bond donors (Lipinski definition) is 2. The molecule has 1 atom stereocenters. The van der Waals surface area contributed by atoms with Crippen molar-refractivity contribution in [3.05, 3.63) is 64.1 Å². The largest absolute Gasteiger partial charge is 0.351 e. The summed E-state index contributed by atoms with van der Waals surface area (Å²) in [6.45, 7) is 0. The molecule has 1 aliphatic carbocycles. The molecule has 144 valence electrons. The molecule has 0 bridgehead atoms. The van der Waals surface area contributed by atoms with Crippen LogP contribution in [0.25, 0.3) is 0 Å². The van der Waals surface area contributed by atoms with Gasteiger partial charge < -0.3 is 10.3 Å². The molecule has 3 N–H and O–H groups in total. The quantitative estimate of drug-likeness (QED) is 0.579. The zero-order valence-corrected chi connectivity index (χ0v) is 16.6. The van der Waals surface area contributed by atoms with Crippen molar-refractivity contribution in [1.82, 2.24) is 20.1 Å². The fourth-order valence-electron chi connectivity index (χ4n) is 2.97. The molecule has 1 saturated carbocycles. The molecule has 2 aromatic heterocycles. The average molecular weight is 414 g/mol. The molecule has 1 aliphatic rings. The lowest BCUT2D eigenvalue weighted by Gasteiger charge is -2.16. The van der Waals surface area contributed by atoms with Crippen molar-refractivity contribution in [3.8, 4) is 0 Å². The van der Waals surface area contributed by atoms with Crippen molar-refractivity contribution in [2.24, 2.45) is 5.73 Å². The molecule has 28 heavy (non-hydrogen) atoms. The van der Waals surface area contributed by atoms with Crippen LogP contribution in [0.15, 0.2) is 53.0 Å². The third-order valence-corrected chi connectivity index (χ3v) is 6.46. The number of rotatable bonds is 7. The van der Waals surface area contributed by atoms with Crippen LogP contribution >= 0.6 is 23.1 Å². The van der Waals surface area contributed by atoms with Crippen molar-refractivity contribution < 1.29 is 9.59 Å². The minimum absolute atomic E-state index is 0.364. The van der Waals surface area contributed by atoms with Crippen LogP contribution in [0.4, 0.5) is 4.79 Å². The Morgan fingerprint density at radius 3 is 2.64 bits per heavy atom. The van der Waals surface area contributed by atoms with Gasteiger partial charge in [-0.05, 0) is 29.9 Å². The van der Waals surface area contributed by atoms with Crippen molar-refractivity contribution >= 4 is 35.0 Å². The Morgan fingerprint density at radius 2 is 2.00 bits per heavy atom. The maximum Gasteiger partial charge on any atom is 0.318 e. The van der Waals surface area contributed by atoms with Gasteiger partial charge in [0.1, 0.15) is 11.1 Å². The predicted molar refractivity (Wildman–Crippen MR) is 108 cm³/mol. The summed E-state index contributed by atoms with van der Waals surface area (Å²) >= 11 is 2.98. The minimum Gasteiger partial charge on any atom is -0.351 e. The smallest absolute Gasteiger partial charge is 0.318 e. The average Bonchev–Trinajstić information content (AvgIpc) is 3.23. The lowest BCUT2D eigenvalue weighted by molar-refractivity contribution is -0.119. The SMILES string of the molecule is NC(=O)NC(=O)C(Sc1nnc(Cc2cccs2)n1C1CC1)c1ccccc1. The first-order chi connectivity index (χ1) is 13.6. The first-order valence-corrected chi connectivity index (χ1v) is 10.7. The normalized spacial score (nSPS) is 14.6. The minimum atomic E-state index is -0.867. The van der Waals surface area contributed by atoms with E-state index in [-0.39, 0.29) is 0 Å². The summed E-state index contributed by atoms with van der Waals surface area (Å²) in [5.41, 5.74) is 5.93. The second-order valence-electron chi connectivity index (χ2n) is 6.52. The lowest BCUT2D eigenvalue weighted by Crippen LogP contribution is -2.37. The molecule has 9 heteroatoms. The summed E-state index contributed by atoms with van der Waals surface area (Å²) in [5, 5.41) is 13.0. The number of urea groups is 1. The molecule has 1 unspecified atom stereocenters. The Morgan fingerprint density at radius 1 is 1.21 bits per heavy atom. The van der Waals surface area contributed by atoms with Gasteiger partial charge in [0.05, 0.1) is 0 Å². The number of benzene rings is 1. The van der Waals surface area contributed by atoms with E-state index in [9.17, 15) is 9.59 Å². The van der Waals surface area contributed by atoms with Gasteiger partial charge in [-0.25, -0.2) is 4.79 Å². The fraction of sp³-hybridized carbons (Fsp3) is 0.263. The van der Waals surface area contributed by atoms with E-state index in [1.807, 2.05) is 41.8 Å². The zero-order chi connectivity index (χ0) is 19.5. The maximum absolute atomic E-state index is 12.6. The molecule has 1 aromatic carbocycles.